The highest BCUT2D eigenvalue weighted by Gasteiger charge is 2.77. The van der Waals surface area contributed by atoms with Crippen molar-refractivity contribution in [3.63, 3.8) is 0 Å². The third kappa shape index (κ3) is 5.26. The average Bonchev–Trinajstić information content (AvgIpc) is 3.40. The number of rotatable bonds is 15. The second kappa shape index (κ2) is 12.2. The van der Waals surface area contributed by atoms with Crippen LogP contribution >= 0.6 is 11.8 Å². The monoisotopic (exact) mass is 520 g/mol. The van der Waals surface area contributed by atoms with Crippen molar-refractivity contribution in [1.29, 1.82) is 0 Å². The van der Waals surface area contributed by atoms with E-state index in [4.69, 9.17) is 4.74 Å². The average molecular weight is 521 g/mol. The van der Waals surface area contributed by atoms with Crippen LogP contribution in [0.3, 0.4) is 0 Å². The van der Waals surface area contributed by atoms with E-state index in [0.29, 0.717) is 32.5 Å². The van der Waals surface area contributed by atoms with Gasteiger partial charge in [-0.2, -0.15) is 0 Å². The molecule has 3 heterocycles. The van der Waals surface area contributed by atoms with Gasteiger partial charge >= 0.3 is 5.97 Å². The molecule has 3 aliphatic heterocycles. The molecule has 2 amide bonds. The Labute approximate surface area is 220 Å². The first-order chi connectivity index (χ1) is 17.2. The molecule has 3 fully saturated rings. The molecule has 0 aliphatic carbocycles. The van der Waals surface area contributed by atoms with E-state index in [2.05, 4.69) is 20.1 Å². The first-order valence-electron chi connectivity index (χ1n) is 13.5. The number of hydrogen-bond donors (Lipinski definition) is 1. The maximum atomic E-state index is 14.1. The molecule has 202 valence electrons. The summed E-state index contributed by atoms with van der Waals surface area (Å²) in [5.74, 6) is -1.55. The highest BCUT2D eigenvalue weighted by atomic mass is 32.2. The Morgan fingerprint density at radius 2 is 1.94 bits per heavy atom. The molecule has 3 rings (SSSR count). The van der Waals surface area contributed by atoms with E-state index in [1.54, 1.807) is 27.6 Å². The minimum Gasteiger partial charge on any atom is -0.465 e. The quantitative estimate of drug-likeness (QED) is 0.200. The zero-order valence-electron chi connectivity index (χ0n) is 22.2. The van der Waals surface area contributed by atoms with Gasteiger partial charge in [0.05, 0.1) is 23.2 Å². The van der Waals surface area contributed by atoms with Crippen molar-refractivity contribution < 1.29 is 24.2 Å². The summed E-state index contributed by atoms with van der Waals surface area (Å²) >= 11 is 1.68. The molecule has 3 saturated heterocycles. The van der Waals surface area contributed by atoms with E-state index in [1.165, 1.54) is 0 Å². The largest absolute Gasteiger partial charge is 0.465 e. The standard InChI is InChI=1S/C28H44N2O5S/c1-6-8-9-13-19-35-26(34)22-21-24(32)30(17-11-10-12-18-31)23(25(33)29(16-7-2)20(3)4)28(21)15-14-27(22,5)36-28/h6-7,20-23,31H,1-2,8-19H2,3-5H3/t21-,22+,23?,27-,28?/m0/s1. The zero-order chi connectivity index (χ0) is 26.5. The number of hydrogen-bond acceptors (Lipinski definition) is 6. The topological polar surface area (TPSA) is 87.1 Å². The van der Waals surface area contributed by atoms with Gasteiger partial charge in [0.15, 0.2) is 0 Å². The zero-order valence-corrected chi connectivity index (χ0v) is 23.1. The fourth-order valence-electron chi connectivity index (χ4n) is 6.38. The molecule has 36 heavy (non-hydrogen) atoms. The molecule has 2 unspecified atom stereocenters. The molecule has 1 spiro atoms. The summed E-state index contributed by atoms with van der Waals surface area (Å²) in [6, 6.07) is -0.642. The molecule has 0 aromatic heterocycles. The fourth-order valence-corrected chi connectivity index (χ4v) is 8.72. The normalized spacial score (nSPS) is 30.5. The number of esters is 1. The molecule has 1 N–H and O–H groups in total. The van der Waals surface area contributed by atoms with E-state index in [9.17, 15) is 19.5 Å². The number of aliphatic hydroxyl groups is 1. The minimum absolute atomic E-state index is 0.0344. The van der Waals surface area contributed by atoms with Crippen LogP contribution in [0.25, 0.3) is 0 Å². The number of unbranched alkanes of at least 4 members (excludes halogenated alkanes) is 4. The van der Waals surface area contributed by atoms with E-state index in [1.807, 2.05) is 19.9 Å². The van der Waals surface area contributed by atoms with Gasteiger partial charge < -0.3 is 19.6 Å². The summed E-state index contributed by atoms with van der Waals surface area (Å²) in [6.07, 6.45) is 9.80. The van der Waals surface area contributed by atoms with Gasteiger partial charge in [-0.25, -0.2) is 0 Å². The third-order valence-corrected chi connectivity index (χ3v) is 10.1. The number of fused-ring (bicyclic) bond motifs is 1. The van der Waals surface area contributed by atoms with Crippen molar-refractivity contribution >= 4 is 29.5 Å². The lowest BCUT2D eigenvalue weighted by atomic mass is 9.66. The number of likely N-dealkylation sites (tertiary alicyclic amines) is 1. The van der Waals surface area contributed by atoms with Gasteiger partial charge in [-0.3, -0.25) is 14.4 Å². The van der Waals surface area contributed by atoms with Crippen molar-refractivity contribution in [2.45, 2.75) is 93.7 Å². The third-order valence-electron chi connectivity index (χ3n) is 8.10. The van der Waals surface area contributed by atoms with Crippen molar-refractivity contribution in [1.82, 2.24) is 9.80 Å². The number of amides is 2. The molecule has 2 bridgehead atoms. The number of nitrogens with zero attached hydrogens (tertiary/aromatic N) is 2. The molecule has 8 heteroatoms. The SMILES string of the molecule is C=CCCCCOC(=O)[C@H]1[C@H]2C(=O)N(CCCCCO)C(C(=O)N(CC=C)C(C)C)C23CC[C@]1(C)S3. The number of allylic oxidation sites excluding steroid dienone is 1. The second-order valence-corrected chi connectivity index (χ2v) is 12.8. The van der Waals surface area contributed by atoms with Gasteiger partial charge in [0, 0.05) is 30.5 Å². The Bertz CT molecular complexity index is 848. The summed E-state index contributed by atoms with van der Waals surface area (Å²) in [4.78, 5) is 45.1. The fraction of sp³-hybridized carbons (Fsp3) is 0.750. The van der Waals surface area contributed by atoms with Gasteiger partial charge in [-0.05, 0) is 72.1 Å². The predicted octanol–water partition coefficient (Wildman–Crippen LogP) is 3.95. The lowest BCUT2D eigenvalue weighted by Gasteiger charge is -2.38. The van der Waals surface area contributed by atoms with Crippen LogP contribution in [-0.2, 0) is 19.1 Å². The van der Waals surface area contributed by atoms with Crippen LogP contribution < -0.4 is 0 Å². The van der Waals surface area contributed by atoms with Crippen molar-refractivity contribution in [2.75, 3.05) is 26.3 Å². The highest BCUT2D eigenvalue weighted by Crippen LogP contribution is 2.71. The highest BCUT2D eigenvalue weighted by molar-refractivity contribution is 8.02. The lowest BCUT2D eigenvalue weighted by molar-refractivity contribution is -0.155. The number of aliphatic hydroxyl groups excluding tert-OH is 1. The van der Waals surface area contributed by atoms with Crippen LogP contribution in [0.4, 0.5) is 0 Å². The summed E-state index contributed by atoms with van der Waals surface area (Å²) < 4.78 is 4.68. The van der Waals surface area contributed by atoms with Crippen LogP contribution in [0.2, 0.25) is 0 Å². The first-order valence-corrected chi connectivity index (χ1v) is 14.3. The van der Waals surface area contributed by atoms with E-state index < -0.39 is 27.4 Å². The van der Waals surface area contributed by atoms with Crippen LogP contribution in [0.1, 0.15) is 72.1 Å². The predicted molar refractivity (Wildman–Crippen MR) is 143 cm³/mol. The Morgan fingerprint density at radius 1 is 1.19 bits per heavy atom. The molecule has 0 aromatic rings. The Balaban J connectivity index is 1.91. The Morgan fingerprint density at radius 3 is 2.58 bits per heavy atom. The van der Waals surface area contributed by atoms with Crippen molar-refractivity contribution in [2.24, 2.45) is 11.8 Å². The van der Waals surface area contributed by atoms with Gasteiger partial charge in [0.25, 0.3) is 0 Å². The maximum absolute atomic E-state index is 14.1. The lowest BCUT2D eigenvalue weighted by Crippen LogP contribution is -2.56. The summed E-state index contributed by atoms with van der Waals surface area (Å²) in [5, 5.41) is 9.19. The number of carbonyl (C=O) groups is 3. The van der Waals surface area contributed by atoms with Crippen LogP contribution in [0.15, 0.2) is 25.3 Å². The van der Waals surface area contributed by atoms with Crippen LogP contribution in [-0.4, -0.2) is 80.6 Å². The molecule has 7 nitrogen and oxygen atoms in total. The van der Waals surface area contributed by atoms with Crippen LogP contribution in [0.5, 0.6) is 0 Å². The van der Waals surface area contributed by atoms with Crippen molar-refractivity contribution in [3.8, 4) is 0 Å². The molecule has 0 aromatic carbocycles. The van der Waals surface area contributed by atoms with Crippen molar-refractivity contribution in [3.05, 3.63) is 25.3 Å². The minimum atomic E-state index is -0.624. The molecule has 3 aliphatic rings. The number of thioether (sulfide) groups is 1. The molecule has 0 saturated carbocycles. The van der Waals surface area contributed by atoms with Gasteiger partial charge in [0.1, 0.15) is 6.04 Å². The Kier molecular flexibility index (Phi) is 9.72. The number of ether oxygens (including phenoxy) is 1. The molecular formula is C28H44N2O5S. The molecule has 5 atom stereocenters. The summed E-state index contributed by atoms with van der Waals surface area (Å²) in [7, 11) is 0. The van der Waals surface area contributed by atoms with E-state index in [-0.39, 0.29) is 30.4 Å². The summed E-state index contributed by atoms with van der Waals surface area (Å²) in [6.45, 7) is 14.9. The van der Waals surface area contributed by atoms with Gasteiger partial charge in [0.2, 0.25) is 11.8 Å². The summed E-state index contributed by atoms with van der Waals surface area (Å²) in [5.41, 5.74) is 0. The number of carbonyl (C=O) groups excluding carboxylic acids is 3. The first kappa shape index (κ1) is 28.8. The van der Waals surface area contributed by atoms with E-state index >= 15 is 0 Å². The smallest absolute Gasteiger partial charge is 0.311 e. The molecular weight excluding hydrogens is 476 g/mol. The second-order valence-electron chi connectivity index (χ2n) is 10.9. The van der Waals surface area contributed by atoms with Gasteiger partial charge in [-0.1, -0.05) is 12.2 Å². The van der Waals surface area contributed by atoms with Gasteiger partial charge in [-0.15, -0.1) is 24.9 Å². The molecule has 0 radical (unpaired) electrons. The van der Waals surface area contributed by atoms with E-state index in [0.717, 1.165) is 38.5 Å². The maximum Gasteiger partial charge on any atom is 0.311 e. The van der Waals surface area contributed by atoms with Crippen LogP contribution in [0, 0.1) is 11.8 Å². The Hall–Kier alpha value is -1.80.